The Morgan fingerprint density at radius 3 is 3.00 bits per heavy atom. The lowest BCUT2D eigenvalue weighted by Gasteiger charge is -2.32. The van der Waals surface area contributed by atoms with E-state index in [0.29, 0.717) is 12.4 Å². The second kappa shape index (κ2) is 6.56. The van der Waals surface area contributed by atoms with Crippen molar-refractivity contribution in [2.45, 2.75) is 25.9 Å². The maximum atomic E-state index is 12.6. The van der Waals surface area contributed by atoms with Crippen molar-refractivity contribution >= 4 is 5.91 Å². The van der Waals surface area contributed by atoms with Crippen LogP contribution in [-0.4, -0.2) is 40.2 Å². The number of carbonyl (C=O) groups is 1. The average molecular weight is 297 g/mol. The minimum Gasteiger partial charge on any atom is -0.471 e. The molecule has 3 rings (SSSR count). The summed E-state index contributed by atoms with van der Waals surface area (Å²) >= 11 is 0. The van der Waals surface area contributed by atoms with Gasteiger partial charge in [0, 0.05) is 24.4 Å². The van der Waals surface area contributed by atoms with Crippen molar-refractivity contribution in [2.75, 3.05) is 13.1 Å². The molecule has 1 aliphatic rings. The average Bonchev–Trinajstić information content (AvgIpc) is 2.55. The number of carbonyl (C=O) groups excluding carboxylic acids is 1. The maximum absolute atomic E-state index is 12.6. The summed E-state index contributed by atoms with van der Waals surface area (Å²) in [4.78, 5) is 14.5. The van der Waals surface area contributed by atoms with Crippen molar-refractivity contribution in [2.24, 2.45) is 0 Å². The predicted molar refractivity (Wildman–Crippen MR) is 82.8 cm³/mol. The quantitative estimate of drug-likeness (QED) is 0.873. The number of amides is 1. The molecule has 1 aromatic heterocycles. The monoisotopic (exact) mass is 297 g/mol. The van der Waals surface area contributed by atoms with Gasteiger partial charge in [-0.05, 0) is 38.0 Å². The first kappa shape index (κ1) is 14.5. The Bertz CT molecular complexity index is 645. The van der Waals surface area contributed by atoms with Gasteiger partial charge in [0.2, 0.25) is 5.88 Å². The number of aryl methyl sites for hydroxylation is 1. The van der Waals surface area contributed by atoms with Gasteiger partial charge in [0.15, 0.2) is 0 Å². The van der Waals surface area contributed by atoms with Crippen molar-refractivity contribution in [3.8, 4) is 5.88 Å². The SMILES string of the molecule is Cc1cccc(C(=O)N2CCCC(Oc3cccnn3)C2)c1. The van der Waals surface area contributed by atoms with Crippen LogP contribution < -0.4 is 4.74 Å². The molecule has 2 aromatic rings. The second-order valence-electron chi connectivity index (χ2n) is 5.56. The van der Waals surface area contributed by atoms with Crippen LogP contribution in [0, 0.1) is 6.92 Å². The maximum Gasteiger partial charge on any atom is 0.253 e. The lowest BCUT2D eigenvalue weighted by molar-refractivity contribution is 0.0525. The van der Waals surface area contributed by atoms with E-state index in [1.807, 2.05) is 36.1 Å². The fraction of sp³-hybridized carbons (Fsp3) is 0.353. The Morgan fingerprint density at radius 1 is 1.32 bits per heavy atom. The highest BCUT2D eigenvalue weighted by Crippen LogP contribution is 2.18. The van der Waals surface area contributed by atoms with E-state index in [4.69, 9.17) is 4.74 Å². The molecule has 0 bridgehead atoms. The van der Waals surface area contributed by atoms with Crippen molar-refractivity contribution in [1.29, 1.82) is 0 Å². The van der Waals surface area contributed by atoms with Crippen LogP contribution in [0.1, 0.15) is 28.8 Å². The molecule has 5 heteroatoms. The number of hydrogen-bond acceptors (Lipinski definition) is 4. The molecule has 0 aliphatic carbocycles. The summed E-state index contributed by atoms with van der Waals surface area (Å²) in [6.45, 7) is 3.35. The third-order valence-corrected chi connectivity index (χ3v) is 3.77. The van der Waals surface area contributed by atoms with E-state index in [9.17, 15) is 4.79 Å². The van der Waals surface area contributed by atoms with Crippen LogP contribution in [0.5, 0.6) is 5.88 Å². The molecule has 0 spiro atoms. The molecule has 1 aromatic carbocycles. The standard InChI is InChI=1S/C17H19N3O2/c1-13-5-2-6-14(11-13)17(21)20-10-4-7-15(12-20)22-16-8-3-9-18-19-16/h2-3,5-6,8-9,11,15H,4,7,10,12H2,1H3. The van der Waals surface area contributed by atoms with Crippen molar-refractivity contribution in [1.82, 2.24) is 15.1 Å². The van der Waals surface area contributed by atoms with Crippen LogP contribution in [0.3, 0.4) is 0 Å². The molecule has 1 amide bonds. The Balaban J connectivity index is 1.66. The van der Waals surface area contributed by atoms with E-state index in [0.717, 1.165) is 30.5 Å². The van der Waals surface area contributed by atoms with Gasteiger partial charge < -0.3 is 9.64 Å². The predicted octanol–water partition coefficient (Wildman–Crippen LogP) is 2.47. The molecule has 5 nitrogen and oxygen atoms in total. The van der Waals surface area contributed by atoms with Gasteiger partial charge in [-0.2, -0.15) is 5.10 Å². The third kappa shape index (κ3) is 3.42. The van der Waals surface area contributed by atoms with Crippen molar-refractivity contribution in [3.63, 3.8) is 0 Å². The molecule has 114 valence electrons. The van der Waals surface area contributed by atoms with Crippen LogP contribution in [0.4, 0.5) is 0 Å². The van der Waals surface area contributed by atoms with Gasteiger partial charge in [-0.25, -0.2) is 0 Å². The highest BCUT2D eigenvalue weighted by Gasteiger charge is 2.26. The van der Waals surface area contributed by atoms with Crippen LogP contribution in [-0.2, 0) is 0 Å². The molecule has 22 heavy (non-hydrogen) atoms. The van der Waals surface area contributed by atoms with E-state index in [1.54, 1.807) is 18.3 Å². The summed E-state index contributed by atoms with van der Waals surface area (Å²) in [5.74, 6) is 0.577. The Kier molecular flexibility index (Phi) is 4.32. The van der Waals surface area contributed by atoms with E-state index < -0.39 is 0 Å². The Labute approximate surface area is 129 Å². The van der Waals surface area contributed by atoms with E-state index in [1.165, 1.54) is 0 Å². The fourth-order valence-corrected chi connectivity index (χ4v) is 2.70. The number of rotatable bonds is 3. The zero-order valence-corrected chi connectivity index (χ0v) is 12.6. The summed E-state index contributed by atoms with van der Waals surface area (Å²) in [6, 6.07) is 11.3. The first-order valence-electron chi connectivity index (χ1n) is 7.53. The number of likely N-dealkylation sites (tertiary alicyclic amines) is 1. The largest absolute Gasteiger partial charge is 0.471 e. The lowest BCUT2D eigenvalue weighted by atomic mass is 10.1. The molecule has 1 fully saturated rings. The van der Waals surface area contributed by atoms with Gasteiger partial charge in [-0.3, -0.25) is 4.79 Å². The van der Waals surface area contributed by atoms with E-state index >= 15 is 0 Å². The lowest BCUT2D eigenvalue weighted by Crippen LogP contribution is -2.44. The summed E-state index contributed by atoms with van der Waals surface area (Å²) in [5.41, 5.74) is 1.83. The third-order valence-electron chi connectivity index (χ3n) is 3.77. The molecule has 1 atom stereocenters. The number of benzene rings is 1. The first-order chi connectivity index (χ1) is 10.7. The Hall–Kier alpha value is -2.43. The number of aromatic nitrogens is 2. The van der Waals surface area contributed by atoms with Crippen molar-refractivity contribution in [3.05, 3.63) is 53.7 Å². The van der Waals surface area contributed by atoms with Gasteiger partial charge >= 0.3 is 0 Å². The van der Waals surface area contributed by atoms with Crippen molar-refractivity contribution < 1.29 is 9.53 Å². The molecular weight excluding hydrogens is 278 g/mol. The normalized spacial score (nSPS) is 18.0. The summed E-state index contributed by atoms with van der Waals surface area (Å²) in [6.07, 6.45) is 3.44. The van der Waals surface area contributed by atoms with Gasteiger partial charge in [0.05, 0.1) is 6.54 Å². The molecule has 2 heterocycles. The minimum absolute atomic E-state index is 0.0285. The van der Waals surface area contributed by atoms with E-state index in [2.05, 4.69) is 10.2 Å². The number of piperidine rings is 1. The zero-order chi connectivity index (χ0) is 15.4. The van der Waals surface area contributed by atoms with Gasteiger partial charge in [0.25, 0.3) is 5.91 Å². The minimum atomic E-state index is -0.0285. The highest BCUT2D eigenvalue weighted by molar-refractivity contribution is 5.94. The number of nitrogens with zero attached hydrogens (tertiary/aromatic N) is 3. The number of hydrogen-bond donors (Lipinski definition) is 0. The molecule has 1 aliphatic heterocycles. The summed E-state index contributed by atoms with van der Waals surface area (Å²) in [7, 11) is 0. The van der Waals surface area contributed by atoms with Crippen LogP contribution >= 0.6 is 0 Å². The van der Waals surface area contributed by atoms with Crippen LogP contribution in [0.15, 0.2) is 42.6 Å². The van der Waals surface area contributed by atoms with Crippen LogP contribution in [0.25, 0.3) is 0 Å². The molecule has 0 saturated carbocycles. The Morgan fingerprint density at radius 2 is 2.23 bits per heavy atom. The topological polar surface area (TPSA) is 55.3 Å². The van der Waals surface area contributed by atoms with Gasteiger partial charge in [0.1, 0.15) is 6.10 Å². The zero-order valence-electron chi connectivity index (χ0n) is 12.6. The fourth-order valence-electron chi connectivity index (χ4n) is 2.70. The second-order valence-corrected chi connectivity index (χ2v) is 5.56. The van der Waals surface area contributed by atoms with E-state index in [-0.39, 0.29) is 12.0 Å². The van der Waals surface area contributed by atoms with Crippen LogP contribution in [0.2, 0.25) is 0 Å². The molecule has 0 radical (unpaired) electrons. The summed E-state index contributed by atoms with van der Waals surface area (Å²) in [5, 5.41) is 7.74. The molecule has 1 unspecified atom stereocenters. The first-order valence-corrected chi connectivity index (χ1v) is 7.53. The molecular formula is C17H19N3O2. The van der Waals surface area contributed by atoms with Gasteiger partial charge in [-0.15, -0.1) is 5.10 Å². The van der Waals surface area contributed by atoms with Gasteiger partial charge in [-0.1, -0.05) is 17.7 Å². The summed E-state index contributed by atoms with van der Waals surface area (Å²) < 4.78 is 5.83. The highest BCUT2D eigenvalue weighted by atomic mass is 16.5. The molecule has 1 saturated heterocycles. The number of ether oxygens (including phenoxy) is 1. The smallest absolute Gasteiger partial charge is 0.253 e. The molecule has 0 N–H and O–H groups in total.